The molecule has 2 unspecified atom stereocenters. The Bertz CT molecular complexity index is 137. The summed E-state index contributed by atoms with van der Waals surface area (Å²) in [6.07, 6.45) is 7.71. The summed E-state index contributed by atoms with van der Waals surface area (Å²) >= 11 is 0. The van der Waals surface area contributed by atoms with Crippen molar-refractivity contribution < 1.29 is 9.47 Å². The fourth-order valence-corrected chi connectivity index (χ4v) is 1.37. The van der Waals surface area contributed by atoms with Crippen LogP contribution in [-0.2, 0) is 9.47 Å². The molecule has 2 atom stereocenters. The van der Waals surface area contributed by atoms with Crippen molar-refractivity contribution in [1.82, 2.24) is 0 Å². The van der Waals surface area contributed by atoms with Crippen molar-refractivity contribution in [3.05, 3.63) is 12.2 Å². The van der Waals surface area contributed by atoms with E-state index in [1.165, 1.54) is 12.8 Å². The molecule has 0 N–H and O–H groups in total. The van der Waals surface area contributed by atoms with Crippen LogP contribution in [0.2, 0.25) is 0 Å². The number of allylic oxidation sites excluding steroid dienone is 1. The van der Waals surface area contributed by atoms with Crippen LogP contribution in [0.25, 0.3) is 0 Å². The highest BCUT2D eigenvalue weighted by Crippen LogP contribution is 2.15. The lowest BCUT2D eigenvalue weighted by molar-refractivity contribution is -0.174. The Morgan fingerprint density at radius 2 is 2.33 bits per heavy atom. The molecule has 1 rings (SSSR count). The number of hydrogen-bond donors (Lipinski definition) is 0. The molecule has 0 radical (unpaired) electrons. The first kappa shape index (κ1) is 9.75. The molecule has 0 aromatic heterocycles. The van der Waals surface area contributed by atoms with E-state index >= 15 is 0 Å². The van der Waals surface area contributed by atoms with Gasteiger partial charge in [-0.3, -0.25) is 0 Å². The highest BCUT2D eigenvalue weighted by Gasteiger charge is 2.15. The second-order valence-electron chi connectivity index (χ2n) is 3.16. The van der Waals surface area contributed by atoms with Crippen LogP contribution in [0.3, 0.4) is 0 Å². The number of hydrogen-bond acceptors (Lipinski definition) is 2. The highest BCUT2D eigenvalue weighted by atomic mass is 16.7. The molecular formula is C10H18O2. The first-order chi connectivity index (χ1) is 5.83. The van der Waals surface area contributed by atoms with Gasteiger partial charge >= 0.3 is 0 Å². The van der Waals surface area contributed by atoms with Gasteiger partial charge in [-0.05, 0) is 33.1 Å². The van der Waals surface area contributed by atoms with Crippen molar-refractivity contribution in [2.75, 3.05) is 6.61 Å². The summed E-state index contributed by atoms with van der Waals surface area (Å²) < 4.78 is 11.1. The van der Waals surface area contributed by atoms with Crippen LogP contribution in [0.4, 0.5) is 0 Å². The fourth-order valence-electron chi connectivity index (χ4n) is 1.37. The van der Waals surface area contributed by atoms with E-state index in [-0.39, 0.29) is 12.4 Å². The smallest absolute Gasteiger partial charge is 0.158 e. The molecule has 1 saturated heterocycles. The third kappa shape index (κ3) is 3.37. The lowest BCUT2D eigenvalue weighted by Gasteiger charge is -2.24. The monoisotopic (exact) mass is 170 g/mol. The lowest BCUT2D eigenvalue weighted by Crippen LogP contribution is -2.25. The summed E-state index contributed by atoms with van der Waals surface area (Å²) in [6, 6.07) is 0. The molecule has 0 saturated carbocycles. The molecule has 2 heteroatoms. The van der Waals surface area contributed by atoms with Crippen molar-refractivity contribution in [2.45, 2.75) is 45.5 Å². The van der Waals surface area contributed by atoms with Gasteiger partial charge < -0.3 is 9.47 Å². The Morgan fingerprint density at radius 3 is 2.92 bits per heavy atom. The Morgan fingerprint density at radius 1 is 1.50 bits per heavy atom. The lowest BCUT2D eigenvalue weighted by atomic mass is 10.2. The Kier molecular flexibility index (Phi) is 4.33. The average molecular weight is 170 g/mol. The fraction of sp³-hybridized carbons (Fsp3) is 0.800. The van der Waals surface area contributed by atoms with E-state index in [1.807, 2.05) is 26.0 Å². The Hall–Kier alpha value is -0.340. The Balaban J connectivity index is 2.19. The zero-order chi connectivity index (χ0) is 8.81. The first-order valence-electron chi connectivity index (χ1n) is 4.73. The molecule has 1 heterocycles. The molecule has 70 valence electrons. The van der Waals surface area contributed by atoms with Gasteiger partial charge in [0, 0.05) is 6.61 Å². The van der Waals surface area contributed by atoms with Crippen LogP contribution in [-0.4, -0.2) is 19.0 Å². The van der Waals surface area contributed by atoms with Gasteiger partial charge in [0.2, 0.25) is 0 Å². The van der Waals surface area contributed by atoms with E-state index < -0.39 is 0 Å². The molecule has 0 bridgehead atoms. The second-order valence-corrected chi connectivity index (χ2v) is 3.16. The van der Waals surface area contributed by atoms with Gasteiger partial charge in [-0.1, -0.05) is 12.2 Å². The average Bonchev–Trinajstić information content (AvgIpc) is 2.06. The molecule has 0 aliphatic carbocycles. The largest absolute Gasteiger partial charge is 0.353 e. The van der Waals surface area contributed by atoms with Crippen molar-refractivity contribution in [1.29, 1.82) is 0 Å². The molecule has 0 spiro atoms. The molecule has 0 amide bonds. The standard InChI is InChI=1S/C10H18O2/c1-3-6-9(2)12-10-7-4-5-8-11-10/h3,6,9-10H,4-5,7-8H2,1-2H3/b6-3+. The van der Waals surface area contributed by atoms with Crippen LogP contribution in [0.15, 0.2) is 12.2 Å². The molecule has 1 aliphatic rings. The predicted molar refractivity (Wildman–Crippen MR) is 49.0 cm³/mol. The maximum atomic E-state index is 5.62. The summed E-state index contributed by atoms with van der Waals surface area (Å²) in [5.74, 6) is 0. The molecular weight excluding hydrogens is 152 g/mol. The van der Waals surface area contributed by atoms with Crippen LogP contribution in [0.5, 0.6) is 0 Å². The molecule has 0 aromatic rings. The minimum atomic E-state index is 0.0324. The van der Waals surface area contributed by atoms with E-state index in [9.17, 15) is 0 Å². The van der Waals surface area contributed by atoms with E-state index in [2.05, 4.69) is 0 Å². The van der Waals surface area contributed by atoms with Crippen LogP contribution in [0, 0.1) is 0 Å². The maximum absolute atomic E-state index is 5.62. The molecule has 2 nitrogen and oxygen atoms in total. The summed E-state index contributed by atoms with van der Waals surface area (Å²) in [6.45, 7) is 4.90. The minimum Gasteiger partial charge on any atom is -0.353 e. The van der Waals surface area contributed by atoms with Crippen molar-refractivity contribution in [3.63, 3.8) is 0 Å². The summed E-state index contributed by atoms with van der Waals surface area (Å²) in [5.41, 5.74) is 0. The second kappa shape index (κ2) is 5.33. The maximum Gasteiger partial charge on any atom is 0.158 e. The topological polar surface area (TPSA) is 18.5 Å². The van der Waals surface area contributed by atoms with Gasteiger partial charge in [0.15, 0.2) is 6.29 Å². The van der Waals surface area contributed by atoms with Gasteiger partial charge in [-0.25, -0.2) is 0 Å². The van der Waals surface area contributed by atoms with Gasteiger partial charge in [-0.2, -0.15) is 0 Å². The molecule has 12 heavy (non-hydrogen) atoms. The summed E-state index contributed by atoms with van der Waals surface area (Å²) in [5, 5.41) is 0. The van der Waals surface area contributed by atoms with Gasteiger partial charge in [0.1, 0.15) is 0 Å². The van der Waals surface area contributed by atoms with Gasteiger partial charge in [0.25, 0.3) is 0 Å². The highest BCUT2D eigenvalue weighted by molar-refractivity contribution is 4.84. The van der Waals surface area contributed by atoms with E-state index in [1.54, 1.807) is 0 Å². The predicted octanol–water partition coefficient (Wildman–Crippen LogP) is 2.49. The Labute approximate surface area is 74.6 Å². The molecule has 1 aliphatic heterocycles. The number of ether oxygens (including phenoxy) is 2. The minimum absolute atomic E-state index is 0.0324. The first-order valence-corrected chi connectivity index (χ1v) is 4.73. The zero-order valence-corrected chi connectivity index (χ0v) is 7.95. The van der Waals surface area contributed by atoms with E-state index in [4.69, 9.17) is 9.47 Å². The van der Waals surface area contributed by atoms with Crippen molar-refractivity contribution in [2.24, 2.45) is 0 Å². The van der Waals surface area contributed by atoms with Crippen LogP contribution in [0.1, 0.15) is 33.1 Å². The SMILES string of the molecule is C/C=C/C(C)OC1CCCCO1. The van der Waals surface area contributed by atoms with Crippen molar-refractivity contribution in [3.8, 4) is 0 Å². The number of rotatable bonds is 3. The van der Waals surface area contributed by atoms with E-state index in [0.29, 0.717) is 0 Å². The van der Waals surface area contributed by atoms with Crippen molar-refractivity contribution >= 4 is 0 Å². The zero-order valence-electron chi connectivity index (χ0n) is 7.95. The van der Waals surface area contributed by atoms with Crippen LogP contribution >= 0.6 is 0 Å². The van der Waals surface area contributed by atoms with Crippen LogP contribution < -0.4 is 0 Å². The molecule has 0 aromatic carbocycles. The molecule has 1 fully saturated rings. The van der Waals surface area contributed by atoms with Gasteiger partial charge in [0.05, 0.1) is 6.10 Å². The van der Waals surface area contributed by atoms with Gasteiger partial charge in [-0.15, -0.1) is 0 Å². The summed E-state index contributed by atoms with van der Waals surface area (Å²) in [4.78, 5) is 0. The quantitative estimate of drug-likeness (QED) is 0.606. The third-order valence-electron chi connectivity index (χ3n) is 1.97. The normalized spacial score (nSPS) is 27.7. The summed E-state index contributed by atoms with van der Waals surface area (Å²) in [7, 11) is 0. The van der Waals surface area contributed by atoms with E-state index in [0.717, 1.165) is 13.0 Å². The third-order valence-corrected chi connectivity index (χ3v) is 1.97.